The van der Waals surface area contributed by atoms with Crippen LogP contribution in [-0.4, -0.2) is 33.0 Å². The average molecular weight is 608 g/mol. The van der Waals surface area contributed by atoms with Crippen LogP contribution in [0.4, 0.5) is 5.82 Å². The molecule has 10 heteroatoms. The summed E-state index contributed by atoms with van der Waals surface area (Å²) in [5.41, 5.74) is 12.1. The highest BCUT2D eigenvalue weighted by atomic mass is 31.1. The molecule has 4 aromatic rings. The van der Waals surface area contributed by atoms with Gasteiger partial charge in [-0.15, -0.1) is 0 Å². The zero-order valence-electron chi connectivity index (χ0n) is 26.4. The summed E-state index contributed by atoms with van der Waals surface area (Å²) in [6, 6.07) is 12.2. The van der Waals surface area contributed by atoms with Crippen LogP contribution >= 0.6 is 8.17 Å². The van der Waals surface area contributed by atoms with E-state index in [1.807, 2.05) is 19.1 Å². The van der Waals surface area contributed by atoms with Crippen LogP contribution in [0.5, 0.6) is 5.75 Å². The van der Waals surface area contributed by atoms with Gasteiger partial charge in [-0.3, -0.25) is 4.52 Å². The van der Waals surface area contributed by atoms with Crippen molar-refractivity contribution in [2.24, 2.45) is 10.8 Å². The Bertz CT molecular complexity index is 1580. The van der Waals surface area contributed by atoms with Crippen molar-refractivity contribution in [3.8, 4) is 5.75 Å². The van der Waals surface area contributed by atoms with Gasteiger partial charge in [0.15, 0.2) is 11.6 Å². The second-order valence-corrected chi connectivity index (χ2v) is 13.3. The maximum absolute atomic E-state index is 11.6. The highest BCUT2D eigenvalue weighted by Gasteiger charge is 2.23. The third-order valence-corrected chi connectivity index (χ3v) is 8.59. The van der Waals surface area contributed by atoms with Crippen LogP contribution in [0.2, 0.25) is 0 Å². The van der Waals surface area contributed by atoms with Crippen molar-refractivity contribution >= 4 is 35.9 Å². The Morgan fingerprint density at radius 3 is 2.60 bits per heavy atom. The lowest BCUT2D eigenvalue weighted by atomic mass is 9.81. The molecule has 0 amide bonds. The number of aryl methyl sites for hydroxylation is 2. The number of hydrogen-bond donors (Lipinski definition) is 2. The van der Waals surface area contributed by atoms with E-state index in [4.69, 9.17) is 30.2 Å². The molecule has 0 saturated carbocycles. The smallest absolute Gasteiger partial charge is 0.425 e. The number of benzene rings is 2. The van der Waals surface area contributed by atoms with E-state index in [0.29, 0.717) is 24.0 Å². The van der Waals surface area contributed by atoms with E-state index in [1.165, 1.54) is 12.0 Å². The number of aromatic nitrogens is 3. The molecule has 43 heavy (non-hydrogen) atoms. The molecule has 0 spiro atoms. The van der Waals surface area contributed by atoms with E-state index in [0.717, 1.165) is 84.2 Å². The summed E-state index contributed by atoms with van der Waals surface area (Å²) in [5.74, 6) is 2.52. The van der Waals surface area contributed by atoms with Gasteiger partial charge in [0.1, 0.15) is 11.3 Å². The molecular weight excluding hydrogens is 561 g/mol. The second kappa shape index (κ2) is 14.6. The van der Waals surface area contributed by atoms with Gasteiger partial charge in [-0.1, -0.05) is 65.3 Å². The van der Waals surface area contributed by atoms with Crippen molar-refractivity contribution in [3.63, 3.8) is 0 Å². The van der Waals surface area contributed by atoms with Gasteiger partial charge < -0.3 is 19.9 Å². The molecule has 2 heterocycles. The number of unbranched alkanes of at least 4 members (excludes halogenated alkanes) is 1. The lowest BCUT2D eigenvalue weighted by Crippen LogP contribution is -2.20. The number of imidazole rings is 1. The molecular formula is C33H46N5O4P. The van der Waals surface area contributed by atoms with E-state index in [9.17, 15) is 4.89 Å². The Morgan fingerprint density at radius 1 is 1.12 bits per heavy atom. The molecule has 0 saturated heterocycles. The van der Waals surface area contributed by atoms with Gasteiger partial charge in [0, 0.05) is 31.6 Å². The fourth-order valence-electron chi connectivity index (χ4n) is 5.44. The van der Waals surface area contributed by atoms with Crippen molar-refractivity contribution in [1.82, 2.24) is 14.5 Å². The Morgan fingerprint density at radius 2 is 1.91 bits per heavy atom. The van der Waals surface area contributed by atoms with Crippen LogP contribution in [0.25, 0.3) is 21.9 Å². The van der Waals surface area contributed by atoms with Gasteiger partial charge in [-0.25, -0.2) is 15.2 Å². The largest absolute Gasteiger partial charge is 0.574 e. The molecule has 232 valence electrons. The van der Waals surface area contributed by atoms with Crippen molar-refractivity contribution in [1.29, 1.82) is 0 Å². The standard InChI is InChI=1S/C33H46N5O4P/c1-7-8-11-29-36-30-31(38(29)21-24-12-15-28(23(4)19-24)42-43(40)37-39)26-14-13-25(20-27(26)35-32(30)34)33(5,6)16-18-41-17-9-10-22(2)3/h12-15,19-20,22,39H,7-11,16-18,21H2,1-6H3,(H2,34,35). The number of fused-ring (bicyclic) bond motifs is 3. The number of ether oxygens (including phenoxy) is 1. The maximum Gasteiger partial charge on any atom is 0.425 e. The highest BCUT2D eigenvalue weighted by Crippen LogP contribution is 2.35. The van der Waals surface area contributed by atoms with Gasteiger partial charge in [-0.2, -0.15) is 0 Å². The fourth-order valence-corrected chi connectivity index (χ4v) is 5.85. The molecule has 4 rings (SSSR count). The molecule has 2 aromatic heterocycles. The molecule has 9 nitrogen and oxygen atoms in total. The van der Waals surface area contributed by atoms with Crippen molar-refractivity contribution in [2.45, 2.75) is 92.0 Å². The van der Waals surface area contributed by atoms with Crippen LogP contribution in [0, 0.1) is 12.8 Å². The third kappa shape index (κ3) is 8.09. The average Bonchev–Trinajstić information content (AvgIpc) is 3.33. The minimum Gasteiger partial charge on any atom is -0.574 e. The van der Waals surface area contributed by atoms with Gasteiger partial charge in [0.2, 0.25) is 0 Å². The number of rotatable bonds is 15. The predicted molar refractivity (Wildman–Crippen MR) is 173 cm³/mol. The first kappa shape index (κ1) is 32.8. The van der Waals surface area contributed by atoms with Crippen molar-refractivity contribution < 1.29 is 19.4 Å². The minimum absolute atomic E-state index is 0.0841. The zero-order valence-corrected chi connectivity index (χ0v) is 27.3. The van der Waals surface area contributed by atoms with Gasteiger partial charge in [0.05, 0.1) is 15.9 Å². The predicted octanol–water partition coefficient (Wildman–Crippen LogP) is 7.61. The molecule has 0 aliphatic heterocycles. The summed E-state index contributed by atoms with van der Waals surface area (Å²) in [6.07, 6.45) is 6.09. The molecule has 0 fully saturated rings. The van der Waals surface area contributed by atoms with Crippen molar-refractivity contribution in [2.75, 3.05) is 18.9 Å². The highest BCUT2D eigenvalue weighted by molar-refractivity contribution is 7.33. The van der Waals surface area contributed by atoms with Crippen LogP contribution in [-0.2, 0) is 23.1 Å². The Labute approximate surface area is 256 Å². The van der Waals surface area contributed by atoms with Crippen molar-refractivity contribution in [3.05, 3.63) is 58.9 Å². The first-order valence-electron chi connectivity index (χ1n) is 15.3. The Kier molecular flexibility index (Phi) is 11.1. The summed E-state index contributed by atoms with van der Waals surface area (Å²) in [7, 11) is -2.51. The van der Waals surface area contributed by atoms with E-state index < -0.39 is 8.17 Å². The summed E-state index contributed by atoms with van der Waals surface area (Å²) >= 11 is 0. The molecule has 1 atom stereocenters. The topological polar surface area (TPSA) is 131 Å². The molecule has 0 bridgehead atoms. The van der Waals surface area contributed by atoms with E-state index in [1.54, 1.807) is 6.07 Å². The SMILES string of the molecule is CCCCc1nc2c(N)nc3cc(C(C)(C)CCOCCCC(C)C)ccc3c2n1Cc1ccc(O/[P+]([O-])=N/O)c(C)c1. The van der Waals surface area contributed by atoms with Gasteiger partial charge >= 0.3 is 8.17 Å². The van der Waals surface area contributed by atoms with E-state index in [-0.39, 0.29) is 5.41 Å². The number of nitrogens with two attached hydrogens (primary N) is 1. The monoisotopic (exact) mass is 607 g/mol. The molecule has 0 aliphatic rings. The number of hydrogen-bond acceptors (Lipinski definition) is 7. The molecule has 3 N–H and O–H groups in total. The molecule has 2 aromatic carbocycles. The Hall–Kier alpha value is -3.10. The summed E-state index contributed by atoms with van der Waals surface area (Å²) in [6.45, 7) is 15.1. The molecule has 1 unspecified atom stereocenters. The van der Waals surface area contributed by atoms with E-state index in [2.05, 4.69) is 62.3 Å². The normalized spacial score (nSPS) is 12.6. The lowest BCUT2D eigenvalue weighted by Gasteiger charge is -2.25. The van der Waals surface area contributed by atoms with Crippen LogP contribution in [0.15, 0.2) is 41.3 Å². The first-order chi connectivity index (χ1) is 20.5. The maximum atomic E-state index is 11.6. The minimum atomic E-state index is -2.51. The quantitative estimate of drug-likeness (QED) is 0.0808. The molecule has 0 radical (unpaired) electrons. The summed E-state index contributed by atoms with van der Waals surface area (Å²) < 4.78 is 13.5. The van der Waals surface area contributed by atoms with Gasteiger partial charge in [-0.05, 0) is 72.8 Å². The first-order valence-corrected chi connectivity index (χ1v) is 16.4. The third-order valence-electron chi connectivity index (χ3n) is 8.09. The van der Waals surface area contributed by atoms with Gasteiger partial charge in [0.25, 0.3) is 0 Å². The number of nitrogen functional groups attached to an aromatic ring is 1. The summed E-state index contributed by atoms with van der Waals surface area (Å²) in [4.78, 5) is 24.1. The van der Waals surface area contributed by atoms with Crippen LogP contribution in [0.3, 0.4) is 0 Å². The number of anilines is 1. The van der Waals surface area contributed by atoms with E-state index >= 15 is 0 Å². The second-order valence-electron chi connectivity index (χ2n) is 12.4. The lowest BCUT2D eigenvalue weighted by molar-refractivity contribution is -0.171. The number of pyridine rings is 1. The number of nitrogens with zero attached hydrogens (tertiary/aromatic N) is 4. The zero-order chi connectivity index (χ0) is 31.1. The fraction of sp³-hybridized carbons (Fsp3) is 0.515. The summed E-state index contributed by atoms with van der Waals surface area (Å²) in [5, 5.41) is 9.77. The Balaban J connectivity index is 1.68. The van der Waals surface area contributed by atoms with Crippen LogP contribution < -0.4 is 15.2 Å². The van der Waals surface area contributed by atoms with Crippen LogP contribution in [0.1, 0.15) is 89.2 Å². The molecule has 0 aliphatic carbocycles.